The first kappa shape index (κ1) is 9.45. The summed E-state index contributed by atoms with van der Waals surface area (Å²) in [5.74, 6) is 2.30. The molecule has 1 fully saturated rings. The summed E-state index contributed by atoms with van der Waals surface area (Å²) in [6.07, 6.45) is 8.39. The van der Waals surface area contributed by atoms with E-state index in [1.54, 1.807) is 12.4 Å². The molecule has 0 amide bonds. The predicted octanol–water partition coefficient (Wildman–Crippen LogP) is 1.92. The molecular weight excluding hydrogens is 202 g/mol. The van der Waals surface area contributed by atoms with Gasteiger partial charge in [-0.15, -0.1) is 0 Å². The Morgan fingerprint density at radius 1 is 1.19 bits per heavy atom. The van der Waals surface area contributed by atoms with Crippen molar-refractivity contribution < 1.29 is 0 Å². The molecule has 0 aromatic carbocycles. The summed E-state index contributed by atoms with van der Waals surface area (Å²) < 4.78 is 0. The zero-order valence-corrected chi connectivity index (χ0v) is 8.93. The maximum atomic E-state index is 4.53. The lowest BCUT2D eigenvalue weighted by Gasteiger charge is -2.01. The quantitative estimate of drug-likeness (QED) is 0.831. The first-order chi connectivity index (χ1) is 7.93. The van der Waals surface area contributed by atoms with Gasteiger partial charge in [0.2, 0.25) is 0 Å². The Bertz CT molecular complexity index is 458. The highest BCUT2D eigenvalue weighted by Gasteiger charge is 2.20. The third kappa shape index (κ3) is 1.68. The molecule has 0 bridgehead atoms. The Labute approximate surface area is 93.3 Å². The smallest absolute Gasteiger partial charge is 0.182 e. The normalized spacial score (nSPS) is 16.8. The van der Waals surface area contributed by atoms with Crippen LogP contribution in [0.1, 0.15) is 37.4 Å². The molecule has 1 aliphatic carbocycles. The van der Waals surface area contributed by atoms with Gasteiger partial charge < -0.3 is 0 Å². The Kier molecular flexibility index (Phi) is 2.36. The summed E-state index contributed by atoms with van der Waals surface area (Å²) in [6.45, 7) is 0. The van der Waals surface area contributed by atoms with Crippen molar-refractivity contribution in [2.45, 2.75) is 31.6 Å². The predicted molar refractivity (Wildman–Crippen MR) is 58.6 cm³/mol. The van der Waals surface area contributed by atoms with E-state index in [9.17, 15) is 0 Å². The molecule has 0 unspecified atom stereocenters. The van der Waals surface area contributed by atoms with Crippen molar-refractivity contribution in [2.24, 2.45) is 0 Å². The zero-order valence-electron chi connectivity index (χ0n) is 8.93. The molecule has 0 spiro atoms. The molecule has 16 heavy (non-hydrogen) atoms. The van der Waals surface area contributed by atoms with Crippen molar-refractivity contribution in [2.75, 3.05) is 0 Å². The monoisotopic (exact) mass is 215 g/mol. The molecule has 1 N–H and O–H groups in total. The standard InChI is InChI=1S/C11H13N5/c1-2-4-8(3-1)10-14-11(16-15-10)9-5-6-12-13-7-9/h5-8H,1-4H2,(H,14,15,16). The summed E-state index contributed by atoms with van der Waals surface area (Å²) in [5, 5.41) is 14.8. The maximum absolute atomic E-state index is 4.53. The van der Waals surface area contributed by atoms with E-state index in [1.165, 1.54) is 25.7 Å². The molecule has 2 aromatic rings. The van der Waals surface area contributed by atoms with Crippen LogP contribution in [0.2, 0.25) is 0 Å². The maximum Gasteiger partial charge on any atom is 0.182 e. The number of aromatic nitrogens is 5. The molecule has 2 aromatic heterocycles. The van der Waals surface area contributed by atoms with Gasteiger partial charge in [-0.1, -0.05) is 12.8 Å². The van der Waals surface area contributed by atoms with Gasteiger partial charge in [0.15, 0.2) is 5.82 Å². The second-order valence-corrected chi connectivity index (χ2v) is 4.16. The summed E-state index contributed by atoms with van der Waals surface area (Å²) >= 11 is 0. The number of nitrogens with zero attached hydrogens (tertiary/aromatic N) is 4. The Morgan fingerprint density at radius 2 is 2.06 bits per heavy atom. The van der Waals surface area contributed by atoms with Crippen molar-refractivity contribution in [1.82, 2.24) is 25.4 Å². The lowest BCUT2D eigenvalue weighted by molar-refractivity contribution is 0.672. The number of hydrogen-bond acceptors (Lipinski definition) is 4. The van der Waals surface area contributed by atoms with E-state index < -0.39 is 0 Å². The van der Waals surface area contributed by atoms with Crippen LogP contribution in [0, 0.1) is 0 Å². The van der Waals surface area contributed by atoms with Crippen molar-refractivity contribution in [3.8, 4) is 11.4 Å². The molecule has 0 atom stereocenters. The molecule has 3 rings (SSSR count). The number of hydrogen-bond donors (Lipinski definition) is 1. The highest BCUT2D eigenvalue weighted by molar-refractivity contribution is 5.51. The molecule has 1 saturated carbocycles. The Hall–Kier alpha value is -1.78. The van der Waals surface area contributed by atoms with Crippen LogP contribution in [0.15, 0.2) is 18.5 Å². The molecule has 0 radical (unpaired) electrons. The average molecular weight is 215 g/mol. The van der Waals surface area contributed by atoms with Crippen LogP contribution < -0.4 is 0 Å². The molecule has 0 aliphatic heterocycles. The van der Waals surface area contributed by atoms with Gasteiger partial charge in [-0.3, -0.25) is 5.10 Å². The summed E-state index contributed by atoms with van der Waals surface area (Å²) in [4.78, 5) is 4.53. The van der Waals surface area contributed by atoms with Crippen LogP contribution >= 0.6 is 0 Å². The van der Waals surface area contributed by atoms with Gasteiger partial charge >= 0.3 is 0 Å². The van der Waals surface area contributed by atoms with Crippen LogP contribution in [-0.2, 0) is 0 Å². The topological polar surface area (TPSA) is 67.3 Å². The van der Waals surface area contributed by atoms with Gasteiger partial charge in [-0.2, -0.15) is 15.3 Å². The van der Waals surface area contributed by atoms with Crippen molar-refractivity contribution >= 4 is 0 Å². The molecule has 0 saturated heterocycles. The van der Waals surface area contributed by atoms with Gasteiger partial charge in [-0.25, -0.2) is 4.98 Å². The molecule has 1 aliphatic rings. The second kappa shape index (κ2) is 4.00. The molecule has 82 valence electrons. The summed E-state index contributed by atoms with van der Waals surface area (Å²) in [6, 6.07) is 1.87. The largest absolute Gasteiger partial charge is 0.262 e. The minimum absolute atomic E-state index is 0.566. The number of nitrogens with one attached hydrogen (secondary N) is 1. The highest BCUT2D eigenvalue weighted by atomic mass is 15.2. The molecule has 2 heterocycles. The van der Waals surface area contributed by atoms with E-state index in [-0.39, 0.29) is 0 Å². The lowest BCUT2D eigenvalue weighted by Crippen LogP contribution is -1.94. The minimum atomic E-state index is 0.566. The van der Waals surface area contributed by atoms with Crippen LogP contribution in [0.25, 0.3) is 11.4 Å². The molecule has 5 heteroatoms. The van der Waals surface area contributed by atoms with Crippen LogP contribution in [0.5, 0.6) is 0 Å². The van der Waals surface area contributed by atoms with E-state index in [1.807, 2.05) is 6.07 Å². The van der Waals surface area contributed by atoms with E-state index in [4.69, 9.17) is 0 Å². The zero-order chi connectivity index (χ0) is 10.8. The fourth-order valence-corrected chi connectivity index (χ4v) is 2.21. The highest BCUT2D eigenvalue weighted by Crippen LogP contribution is 2.32. The van der Waals surface area contributed by atoms with Crippen LogP contribution in [-0.4, -0.2) is 25.4 Å². The first-order valence-electron chi connectivity index (χ1n) is 5.63. The molecular formula is C11H13N5. The van der Waals surface area contributed by atoms with Gasteiger partial charge in [0, 0.05) is 11.5 Å². The van der Waals surface area contributed by atoms with Crippen molar-refractivity contribution in [3.63, 3.8) is 0 Å². The summed E-state index contributed by atoms with van der Waals surface area (Å²) in [5.41, 5.74) is 0.912. The Morgan fingerprint density at radius 3 is 2.81 bits per heavy atom. The lowest BCUT2D eigenvalue weighted by atomic mass is 10.1. The van der Waals surface area contributed by atoms with Gasteiger partial charge in [0.25, 0.3) is 0 Å². The minimum Gasteiger partial charge on any atom is -0.262 e. The van der Waals surface area contributed by atoms with Crippen LogP contribution in [0.4, 0.5) is 0 Å². The van der Waals surface area contributed by atoms with E-state index >= 15 is 0 Å². The third-order valence-electron chi connectivity index (χ3n) is 3.09. The fourth-order valence-electron chi connectivity index (χ4n) is 2.21. The number of rotatable bonds is 2. The van der Waals surface area contributed by atoms with Gasteiger partial charge in [0.1, 0.15) is 5.82 Å². The first-order valence-corrected chi connectivity index (χ1v) is 5.63. The van der Waals surface area contributed by atoms with E-state index in [0.29, 0.717) is 5.92 Å². The Balaban J connectivity index is 1.87. The number of aromatic amines is 1. The second-order valence-electron chi connectivity index (χ2n) is 4.16. The number of H-pyrrole nitrogens is 1. The third-order valence-corrected chi connectivity index (χ3v) is 3.09. The summed E-state index contributed by atoms with van der Waals surface area (Å²) in [7, 11) is 0. The average Bonchev–Trinajstić information content (AvgIpc) is 3.01. The SMILES string of the molecule is c1cc(-c2n[nH]c(C3CCCC3)n2)cnn1. The van der Waals surface area contributed by atoms with Gasteiger partial charge in [0.05, 0.1) is 12.4 Å². The van der Waals surface area contributed by atoms with Crippen molar-refractivity contribution in [1.29, 1.82) is 0 Å². The fraction of sp³-hybridized carbons (Fsp3) is 0.455. The van der Waals surface area contributed by atoms with E-state index in [0.717, 1.165) is 17.2 Å². The van der Waals surface area contributed by atoms with Gasteiger partial charge in [-0.05, 0) is 18.9 Å². The van der Waals surface area contributed by atoms with E-state index in [2.05, 4.69) is 25.4 Å². The van der Waals surface area contributed by atoms with Crippen molar-refractivity contribution in [3.05, 3.63) is 24.3 Å². The molecule has 5 nitrogen and oxygen atoms in total. The van der Waals surface area contributed by atoms with Crippen LogP contribution in [0.3, 0.4) is 0 Å².